The predicted molar refractivity (Wildman–Crippen MR) is 52.9 cm³/mol. The molecular weight excluding hydrogens is 166 g/mol. The molecule has 0 amide bonds. The molecule has 0 aromatic rings. The smallest absolute Gasteiger partial charge is 0.0986 e. The Hall–Kier alpha value is -0.120. The summed E-state index contributed by atoms with van der Waals surface area (Å²) < 4.78 is 10.9. The highest BCUT2D eigenvalue weighted by Gasteiger charge is 2.41. The minimum atomic E-state index is 0.256. The number of hydrogen-bond donors (Lipinski definition) is 1. The van der Waals surface area contributed by atoms with Gasteiger partial charge in [-0.05, 0) is 26.3 Å². The Morgan fingerprint density at radius 1 is 1.38 bits per heavy atom. The van der Waals surface area contributed by atoms with Crippen molar-refractivity contribution in [1.82, 2.24) is 5.32 Å². The van der Waals surface area contributed by atoms with E-state index in [2.05, 4.69) is 12.2 Å². The maximum atomic E-state index is 5.53. The van der Waals surface area contributed by atoms with Crippen LogP contribution in [0.4, 0.5) is 0 Å². The fraction of sp³-hybridized carbons (Fsp3) is 1.00. The summed E-state index contributed by atoms with van der Waals surface area (Å²) in [6.45, 7) is 6.06. The standard InChI is InChI=1S/C10H21NO2/c1-4-6-11-8-7-9(13-5-2)10(8)12-3/h8-11H,4-7H2,1-3H3. The summed E-state index contributed by atoms with van der Waals surface area (Å²) in [4.78, 5) is 0. The van der Waals surface area contributed by atoms with E-state index in [1.807, 2.05) is 6.92 Å². The van der Waals surface area contributed by atoms with Crippen molar-refractivity contribution in [1.29, 1.82) is 0 Å². The van der Waals surface area contributed by atoms with Gasteiger partial charge in [0, 0.05) is 19.8 Å². The summed E-state index contributed by atoms with van der Waals surface area (Å²) in [6, 6.07) is 0.501. The van der Waals surface area contributed by atoms with Crippen LogP contribution >= 0.6 is 0 Å². The van der Waals surface area contributed by atoms with E-state index in [4.69, 9.17) is 9.47 Å². The molecule has 3 atom stereocenters. The van der Waals surface area contributed by atoms with Crippen LogP contribution < -0.4 is 5.32 Å². The molecule has 0 bridgehead atoms. The molecule has 1 saturated carbocycles. The van der Waals surface area contributed by atoms with Gasteiger partial charge in [0.05, 0.1) is 12.2 Å². The maximum absolute atomic E-state index is 5.53. The van der Waals surface area contributed by atoms with Crippen LogP contribution in [0.15, 0.2) is 0 Å². The Morgan fingerprint density at radius 2 is 2.15 bits per heavy atom. The first kappa shape index (κ1) is 11.0. The van der Waals surface area contributed by atoms with Crippen molar-refractivity contribution in [3.8, 4) is 0 Å². The third kappa shape index (κ3) is 2.66. The second-order valence-electron chi connectivity index (χ2n) is 3.49. The van der Waals surface area contributed by atoms with Crippen LogP contribution in [0, 0.1) is 0 Å². The van der Waals surface area contributed by atoms with Crippen molar-refractivity contribution < 1.29 is 9.47 Å². The van der Waals surface area contributed by atoms with Gasteiger partial charge in [-0.2, -0.15) is 0 Å². The van der Waals surface area contributed by atoms with Gasteiger partial charge in [-0.15, -0.1) is 0 Å². The molecule has 1 fully saturated rings. The first-order valence-corrected chi connectivity index (χ1v) is 5.21. The average molecular weight is 187 g/mol. The third-order valence-corrected chi connectivity index (χ3v) is 2.56. The Bertz CT molecular complexity index is 141. The molecule has 78 valence electrons. The molecule has 3 nitrogen and oxygen atoms in total. The van der Waals surface area contributed by atoms with Crippen LogP contribution in [0.3, 0.4) is 0 Å². The average Bonchev–Trinajstić information content (AvgIpc) is 2.10. The molecular formula is C10H21NO2. The highest BCUT2D eigenvalue weighted by atomic mass is 16.5. The zero-order valence-electron chi connectivity index (χ0n) is 8.88. The largest absolute Gasteiger partial charge is 0.377 e. The van der Waals surface area contributed by atoms with E-state index in [0.717, 1.165) is 19.6 Å². The Labute approximate surface area is 80.8 Å². The number of rotatable bonds is 6. The molecule has 0 saturated heterocycles. The predicted octanol–water partition coefficient (Wildman–Crippen LogP) is 1.18. The fourth-order valence-electron chi connectivity index (χ4n) is 1.80. The van der Waals surface area contributed by atoms with Crippen molar-refractivity contribution in [3.05, 3.63) is 0 Å². The Morgan fingerprint density at radius 3 is 2.69 bits per heavy atom. The van der Waals surface area contributed by atoms with E-state index < -0.39 is 0 Å². The fourth-order valence-corrected chi connectivity index (χ4v) is 1.80. The van der Waals surface area contributed by atoms with E-state index in [-0.39, 0.29) is 6.10 Å². The van der Waals surface area contributed by atoms with Gasteiger partial charge in [0.1, 0.15) is 0 Å². The highest BCUT2D eigenvalue weighted by Crippen LogP contribution is 2.26. The van der Waals surface area contributed by atoms with Gasteiger partial charge in [0.2, 0.25) is 0 Å². The van der Waals surface area contributed by atoms with E-state index in [9.17, 15) is 0 Å². The molecule has 0 spiro atoms. The van der Waals surface area contributed by atoms with Crippen molar-refractivity contribution >= 4 is 0 Å². The van der Waals surface area contributed by atoms with Gasteiger partial charge in [-0.3, -0.25) is 0 Å². The molecule has 0 heterocycles. The Kier molecular flexibility index (Phi) is 4.70. The molecule has 1 rings (SSSR count). The van der Waals surface area contributed by atoms with Gasteiger partial charge in [-0.1, -0.05) is 6.92 Å². The summed E-state index contributed by atoms with van der Waals surface area (Å²) in [6.07, 6.45) is 2.83. The Balaban J connectivity index is 2.21. The van der Waals surface area contributed by atoms with E-state index in [0.29, 0.717) is 12.1 Å². The molecule has 1 aliphatic carbocycles. The maximum Gasteiger partial charge on any atom is 0.0986 e. The molecule has 0 aromatic carbocycles. The lowest BCUT2D eigenvalue weighted by Gasteiger charge is -2.43. The van der Waals surface area contributed by atoms with Crippen LogP contribution in [-0.2, 0) is 9.47 Å². The summed E-state index contributed by atoms with van der Waals surface area (Å²) in [5, 5.41) is 3.45. The quantitative estimate of drug-likeness (QED) is 0.677. The van der Waals surface area contributed by atoms with Gasteiger partial charge < -0.3 is 14.8 Å². The van der Waals surface area contributed by atoms with E-state index in [1.165, 1.54) is 6.42 Å². The van der Waals surface area contributed by atoms with Crippen LogP contribution in [0.2, 0.25) is 0 Å². The molecule has 1 aliphatic rings. The van der Waals surface area contributed by atoms with Crippen LogP contribution in [0.25, 0.3) is 0 Å². The van der Waals surface area contributed by atoms with Crippen molar-refractivity contribution in [3.63, 3.8) is 0 Å². The summed E-state index contributed by atoms with van der Waals surface area (Å²) in [7, 11) is 1.76. The van der Waals surface area contributed by atoms with Crippen molar-refractivity contribution in [2.75, 3.05) is 20.3 Å². The first-order valence-electron chi connectivity index (χ1n) is 5.21. The molecule has 1 N–H and O–H groups in total. The van der Waals surface area contributed by atoms with Crippen LogP contribution in [-0.4, -0.2) is 38.5 Å². The number of nitrogens with one attached hydrogen (secondary N) is 1. The molecule has 3 unspecified atom stereocenters. The van der Waals surface area contributed by atoms with E-state index >= 15 is 0 Å². The second-order valence-corrected chi connectivity index (χ2v) is 3.49. The van der Waals surface area contributed by atoms with Gasteiger partial charge in [-0.25, -0.2) is 0 Å². The number of methoxy groups -OCH3 is 1. The summed E-state index contributed by atoms with van der Waals surface area (Å²) in [5.41, 5.74) is 0. The third-order valence-electron chi connectivity index (χ3n) is 2.56. The van der Waals surface area contributed by atoms with Crippen molar-refractivity contribution in [2.24, 2.45) is 0 Å². The number of ether oxygens (including phenoxy) is 2. The van der Waals surface area contributed by atoms with Crippen molar-refractivity contribution in [2.45, 2.75) is 44.9 Å². The first-order chi connectivity index (χ1) is 6.33. The molecule has 3 heteroatoms. The van der Waals surface area contributed by atoms with E-state index in [1.54, 1.807) is 7.11 Å². The zero-order chi connectivity index (χ0) is 9.68. The minimum Gasteiger partial charge on any atom is -0.377 e. The molecule has 13 heavy (non-hydrogen) atoms. The highest BCUT2D eigenvalue weighted by molar-refractivity contribution is 4.96. The minimum absolute atomic E-state index is 0.256. The van der Waals surface area contributed by atoms with Gasteiger partial charge >= 0.3 is 0 Å². The lowest BCUT2D eigenvalue weighted by atomic mass is 9.85. The summed E-state index contributed by atoms with van der Waals surface area (Å²) >= 11 is 0. The molecule has 0 aliphatic heterocycles. The normalized spacial score (nSPS) is 33.0. The monoisotopic (exact) mass is 187 g/mol. The zero-order valence-corrected chi connectivity index (χ0v) is 8.88. The SMILES string of the molecule is CCCNC1CC(OCC)C1OC. The molecule has 0 aromatic heterocycles. The van der Waals surface area contributed by atoms with Gasteiger partial charge in [0.25, 0.3) is 0 Å². The van der Waals surface area contributed by atoms with Gasteiger partial charge in [0.15, 0.2) is 0 Å². The lowest BCUT2D eigenvalue weighted by Crippen LogP contribution is -2.59. The molecule has 0 radical (unpaired) electrons. The topological polar surface area (TPSA) is 30.5 Å². The van der Waals surface area contributed by atoms with Crippen LogP contribution in [0.1, 0.15) is 26.7 Å². The lowest BCUT2D eigenvalue weighted by molar-refractivity contribution is -0.131. The summed E-state index contributed by atoms with van der Waals surface area (Å²) in [5.74, 6) is 0. The second kappa shape index (κ2) is 5.58. The number of hydrogen-bond acceptors (Lipinski definition) is 3. The van der Waals surface area contributed by atoms with Crippen LogP contribution in [0.5, 0.6) is 0 Å².